The molecule has 0 spiro atoms. The van der Waals surface area contributed by atoms with Gasteiger partial charge in [0.2, 0.25) is 0 Å². The molecule has 0 aliphatic heterocycles. The highest BCUT2D eigenvalue weighted by Crippen LogP contribution is 2.25. The normalized spacial score (nSPS) is 11.1. The van der Waals surface area contributed by atoms with Crippen molar-refractivity contribution in [3.63, 3.8) is 0 Å². The van der Waals surface area contributed by atoms with E-state index in [1.54, 1.807) is 14.2 Å². The van der Waals surface area contributed by atoms with Gasteiger partial charge in [-0.1, -0.05) is 17.7 Å². The van der Waals surface area contributed by atoms with Gasteiger partial charge >= 0.3 is 0 Å². The Hall–Kier alpha value is -0.810. The zero-order chi connectivity index (χ0) is 15.7. The summed E-state index contributed by atoms with van der Waals surface area (Å²) < 4.78 is 10.2. The summed E-state index contributed by atoms with van der Waals surface area (Å²) in [5.74, 6) is 0. The number of hydrogen-bond acceptors (Lipinski definition) is 4. The Balaban J connectivity index is 2.70. The molecule has 0 aliphatic carbocycles. The van der Waals surface area contributed by atoms with Gasteiger partial charge in [0, 0.05) is 50.6 Å². The molecule has 0 heterocycles. The third-order valence-electron chi connectivity index (χ3n) is 3.33. The fourth-order valence-electron chi connectivity index (χ4n) is 2.13. The van der Waals surface area contributed by atoms with Gasteiger partial charge in [0.1, 0.15) is 0 Å². The van der Waals surface area contributed by atoms with Gasteiger partial charge < -0.3 is 19.7 Å². The van der Waals surface area contributed by atoms with Crippen molar-refractivity contribution in [2.75, 3.05) is 45.4 Å². The van der Waals surface area contributed by atoms with Gasteiger partial charge in [0.15, 0.2) is 0 Å². The lowest BCUT2D eigenvalue weighted by molar-refractivity contribution is 0.199. The van der Waals surface area contributed by atoms with E-state index in [0.717, 1.165) is 35.9 Å². The van der Waals surface area contributed by atoms with Crippen LogP contribution in [-0.4, -0.2) is 46.6 Å². The molecule has 0 bridgehead atoms. The summed E-state index contributed by atoms with van der Waals surface area (Å²) >= 11 is 6.40. The molecule has 0 radical (unpaired) electrons. The molecule has 1 aromatic rings. The lowest BCUT2D eigenvalue weighted by Crippen LogP contribution is -2.33. The van der Waals surface area contributed by atoms with E-state index in [1.807, 2.05) is 6.07 Å². The van der Waals surface area contributed by atoms with Crippen LogP contribution in [0, 0.1) is 0 Å². The quantitative estimate of drug-likeness (QED) is 0.673. The first-order chi connectivity index (χ1) is 10.1. The Kier molecular flexibility index (Phi) is 8.69. The van der Waals surface area contributed by atoms with Gasteiger partial charge in [-0.15, -0.1) is 0 Å². The minimum absolute atomic E-state index is 0.405. The lowest BCUT2D eigenvalue weighted by Gasteiger charge is -2.29. The maximum atomic E-state index is 6.40. The van der Waals surface area contributed by atoms with Crippen LogP contribution in [0.25, 0.3) is 0 Å². The van der Waals surface area contributed by atoms with Crippen molar-refractivity contribution in [3.8, 4) is 0 Å². The van der Waals surface area contributed by atoms with Gasteiger partial charge in [-0.3, -0.25) is 0 Å². The average Bonchev–Trinajstić information content (AvgIpc) is 2.45. The SMILES string of the molecule is COCCNCc1ccc(N(CCOC)C(C)C)cc1Cl. The summed E-state index contributed by atoms with van der Waals surface area (Å²) in [6.45, 7) is 8.18. The van der Waals surface area contributed by atoms with Crippen molar-refractivity contribution >= 4 is 17.3 Å². The van der Waals surface area contributed by atoms with Crippen molar-refractivity contribution in [2.24, 2.45) is 0 Å². The highest BCUT2D eigenvalue weighted by molar-refractivity contribution is 6.31. The molecule has 120 valence electrons. The summed E-state index contributed by atoms with van der Waals surface area (Å²) in [6.07, 6.45) is 0. The predicted molar refractivity (Wildman–Crippen MR) is 89.4 cm³/mol. The Morgan fingerprint density at radius 3 is 2.48 bits per heavy atom. The number of hydrogen-bond donors (Lipinski definition) is 1. The topological polar surface area (TPSA) is 33.7 Å². The molecule has 0 saturated carbocycles. The number of nitrogens with one attached hydrogen (secondary N) is 1. The Morgan fingerprint density at radius 2 is 1.90 bits per heavy atom. The number of methoxy groups -OCH3 is 2. The summed E-state index contributed by atoms with van der Waals surface area (Å²) in [5, 5.41) is 4.10. The molecule has 0 saturated heterocycles. The average molecular weight is 315 g/mol. The number of anilines is 1. The van der Waals surface area contributed by atoms with E-state index in [1.165, 1.54) is 0 Å². The number of benzene rings is 1. The van der Waals surface area contributed by atoms with E-state index in [0.29, 0.717) is 19.3 Å². The second kappa shape index (κ2) is 10.0. The smallest absolute Gasteiger partial charge is 0.0637 e. The maximum absolute atomic E-state index is 6.40. The van der Waals surface area contributed by atoms with Crippen LogP contribution in [0.1, 0.15) is 19.4 Å². The Morgan fingerprint density at radius 1 is 1.19 bits per heavy atom. The summed E-state index contributed by atoms with van der Waals surface area (Å²) in [4.78, 5) is 2.29. The van der Waals surface area contributed by atoms with Crippen molar-refractivity contribution in [3.05, 3.63) is 28.8 Å². The second-order valence-corrected chi connectivity index (χ2v) is 5.63. The molecular formula is C16H27ClN2O2. The van der Waals surface area contributed by atoms with Crippen LogP contribution in [0.4, 0.5) is 5.69 Å². The highest BCUT2D eigenvalue weighted by atomic mass is 35.5. The molecule has 4 nitrogen and oxygen atoms in total. The third-order valence-corrected chi connectivity index (χ3v) is 3.68. The van der Waals surface area contributed by atoms with Gasteiger partial charge in [-0.2, -0.15) is 0 Å². The first-order valence-electron chi connectivity index (χ1n) is 7.33. The standard InChI is InChI=1S/C16H27ClN2O2/c1-13(2)19(8-10-21-4)15-6-5-14(16(17)11-15)12-18-7-9-20-3/h5-6,11,13,18H,7-10,12H2,1-4H3. The summed E-state index contributed by atoms with van der Waals surface area (Å²) in [7, 11) is 3.42. The van der Waals surface area contributed by atoms with E-state index < -0.39 is 0 Å². The zero-order valence-electron chi connectivity index (χ0n) is 13.5. The molecule has 0 amide bonds. The van der Waals surface area contributed by atoms with Gasteiger partial charge in [0.05, 0.1) is 13.2 Å². The van der Waals surface area contributed by atoms with Crippen molar-refractivity contribution in [2.45, 2.75) is 26.4 Å². The van der Waals surface area contributed by atoms with E-state index in [2.05, 4.69) is 36.2 Å². The fourth-order valence-corrected chi connectivity index (χ4v) is 2.37. The Labute approximate surface area is 133 Å². The van der Waals surface area contributed by atoms with Crippen LogP contribution in [0.15, 0.2) is 18.2 Å². The first kappa shape index (κ1) is 18.2. The summed E-state index contributed by atoms with van der Waals surface area (Å²) in [5.41, 5.74) is 2.24. The van der Waals surface area contributed by atoms with Crippen LogP contribution >= 0.6 is 11.6 Å². The molecule has 21 heavy (non-hydrogen) atoms. The molecule has 0 aromatic heterocycles. The molecule has 1 N–H and O–H groups in total. The number of nitrogens with zero attached hydrogens (tertiary/aromatic N) is 1. The number of halogens is 1. The van der Waals surface area contributed by atoms with Gasteiger partial charge in [-0.25, -0.2) is 0 Å². The molecule has 0 unspecified atom stereocenters. The molecular weight excluding hydrogens is 288 g/mol. The van der Waals surface area contributed by atoms with Crippen molar-refractivity contribution < 1.29 is 9.47 Å². The molecule has 1 rings (SSSR count). The van der Waals surface area contributed by atoms with Gasteiger partial charge in [0.25, 0.3) is 0 Å². The van der Waals surface area contributed by atoms with Crippen LogP contribution < -0.4 is 10.2 Å². The number of rotatable bonds is 10. The number of ether oxygens (including phenoxy) is 2. The molecule has 5 heteroatoms. The zero-order valence-corrected chi connectivity index (χ0v) is 14.2. The Bertz CT molecular complexity index is 413. The van der Waals surface area contributed by atoms with E-state index >= 15 is 0 Å². The third kappa shape index (κ3) is 6.22. The van der Waals surface area contributed by atoms with E-state index in [-0.39, 0.29) is 0 Å². The van der Waals surface area contributed by atoms with Crippen LogP contribution in [-0.2, 0) is 16.0 Å². The van der Waals surface area contributed by atoms with E-state index in [9.17, 15) is 0 Å². The largest absolute Gasteiger partial charge is 0.383 e. The monoisotopic (exact) mass is 314 g/mol. The fraction of sp³-hybridized carbons (Fsp3) is 0.625. The molecule has 1 aromatic carbocycles. The van der Waals surface area contributed by atoms with Crippen molar-refractivity contribution in [1.82, 2.24) is 5.32 Å². The lowest BCUT2D eigenvalue weighted by atomic mass is 10.1. The first-order valence-corrected chi connectivity index (χ1v) is 7.71. The maximum Gasteiger partial charge on any atom is 0.0637 e. The van der Waals surface area contributed by atoms with Crippen LogP contribution in [0.5, 0.6) is 0 Å². The molecule has 0 fully saturated rings. The van der Waals surface area contributed by atoms with Crippen LogP contribution in [0.2, 0.25) is 5.02 Å². The molecule has 0 aliphatic rings. The van der Waals surface area contributed by atoms with Gasteiger partial charge in [-0.05, 0) is 31.5 Å². The minimum atomic E-state index is 0.405. The predicted octanol–water partition coefficient (Wildman–Crippen LogP) is 2.94. The summed E-state index contributed by atoms with van der Waals surface area (Å²) in [6, 6.07) is 6.64. The van der Waals surface area contributed by atoms with E-state index in [4.69, 9.17) is 21.1 Å². The highest BCUT2D eigenvalue weighted by Gasteiger charge is 2.12. The molecule has 0 atom stereocenters. The van der Waals surface area contributed by atoms with Crippen LogP contribution in [0.3, 0.4) is 0 Å². The van der Waals surface area contributed by atoms with Crippen molar-refractivity contribution in [1.29, 1.82) is 0 Å². The minimum Gasteiger partial charge on any atom is -0.383 e. The second-order valence-electron chi connectivity index (χ2n) is 5.23.